The van der Waals surface area contributed by atoms with Gasteiger partial charge in [0, 0.05) is 17.5 Å². The van der Waals surface area contributed by atoms with E-state index >= 15 is 0 Å². The molecule has 0 saturated heterocycles. The number of sulfonamides is 1. The van der Waals surface area contributed by atoms with Crippen molar-refractivity contribution in [1.82, 2.24) is 4.72 Å². The molecule has 0 bridgehead atoms. The van der Waals surface area contributed by atoms with E-state index in [0.717, 1.165) is 10.4 Å². The molecule has 2 aromatic rings. The number of rotatable bonds is 6. The van der Waals surface area contributed by atoms with Crippen LogP contribution in [0.3, 0.4) is 0 Å². The average Bonchev–Trinajstić information content (AvgIpc) is 2.91. The zero-order chi connectivity index (χ0) is 15.5. The van der Waals surface area contributed by atoms with Crippen LogP contribution in [0.5, 0.6) is 5.75 Å². The van der Waals surface area contributed by atoms with Gasteiger partial charge in [-0.25, -0.2) is 13.1 Å². The molecular weight excluding hydrogens is 310 g/mol. The molecule has 1 atom stereocenters. The molecule has 0 fully saturated rings. The van der Waals surface area contributed by atoms with Crippen LogP contribution >= 0.6 is 11.3 Å². The second-order valence-corrected chi connectivity index (χ2v) is 7.23. The van der Waals surface area contributed by atoms with Gasteiger partial charge in [0.15, 0.2) is 0 Å². The van der Waals surface area contributed by atoms with Gasteiger partial charge in [-0.2, -0.15) is 0 Å². The fourth-order valence-corrected chi connectivity index (χ4v) is 3.84. The maximum absolute atomic E-state index is 12.2. The van der Waals surface area contributed by atoms with Crippen molar-refractivity contribution in [3.63, 3.8) is 0 Å². The van der Waals surface area contributed by atoms with Crippen molar-refractivity contribution in [3.05, 3.63) is 46.2 Å². The first-order chi connectivity index (χ1) is 9.94. The number of aliphatic hydroxyl groups is 1. The van der Waals surface area contributed by atoms with E-state index in [9.17, 15) is 13.5 Å². The van der Waals surface area contributed by atoms with Crippen molar-refractivity contribution in [2.75, 3.05) is 13.7 Å². The van der Waals surface area contributed by atoms with Crippen molar-refractivity contribution in [2.24, 2.45) is 0 Å². The summed E-state index contributed by atoms with van der Waals surface area (Å²) in [5, 5.41) is 11.9. The third-order valence-electron chi connectivity index (χ3n) is 3.02. The van der Waals surface area contributed by atoms with Gasteiger partial charge in [-0.1, -0.05) is 6.07 Å². The number of aliphatic hydroxyl groups excluding tert-OH is 1. The molecule has 5 nitrogen and oxygen atoms in total. The van der Waals surface area contributed by atoms with Crippen LogP contribution in [0.15, 0.2) is 40.6 Å². The number of nitrogens with one attached hydrogen (secondary N) is 1. The standard InChI is InChI=1S/C14H17NO4S2/c1-10-6-7-20-14(10)13(16)9-15-21(17,18)12-5-3-4-11(8-12)19-2/h3-8,13,15-16H,9H2,1-2H3. The van der Waals surface area contributed by atoms with Crippen LogP contribution < -0.4 is 9.46 Å². The van der Waals surface area contributed by atoms with Crippen molar-refractivity contribution in [1.29, 1.82) is 0 Å². The second kappa shape index (κ2) is 6.57. The first-order valence-corrected chi connectivity index (χ1v) is 8.66. The topological polar surface area (TPSA) is 75.6 Å². The second-order valence-electron chi connectivity index (χ2n) is 4.51. The fraction of sp³-hybridized carbons (Fsp3) is 0.286. The lowest BCUT2D eigenvalue weighted by Crippen LogP contribution is -2.28. The van der Waals surface area contributed by atoms with Crippen molar-refractivity contribution >= 4 is 21.4 Å². The van der Waals surface area contributed by atoms with Crippen molar-refractivity contribution in [2.45, 2.75) is 17.9 Å². The zero-order valence-corrected chi connectivity index (χ0v) is 13.4. The molecule has 114 valence electrons. The minimum atomic E-state index is -3.68. The van der Waals surface area contributed by atoms with E-state index in [1.807, 2.05) is 18.4 Å². The molecule has 1 aromatic carbocycles. The zero-order valence-electron chi connectivity index (χ0n) is 11.7. The Labute approximate surface area is 128 Å². The van der Waals surface area contributed by atoms with E-state index in [4.69, 9.17) is 4.74 Å². The highest BCUT2D eigenvalue weighted by molar-refractivity contribution is 7.89. The summed E-state index contributed by atoms with van der Waals surface area (Å²) in [6.45, 7) is 1.81. The smallest absolute Gasteiger partial charge is 0.240 e. The van der Waals surface area contributed by atoms with E-state index < -0.39 is 16.1 Å². The van der Waals surface area contributed by atoms with Crippen LogP contribution in [0.4, 0.5) is 0 Å². The number of thiophene rings is 1. The summed E-state index contributed by atoms with van der Waals surface area (Å²) in [6, 6.07) is 8.08. The number of hydrogen-bond acceptors (Lipinski definition) is 5. The summed E-state index contributed by atoms with van der Waals surface area (Å²) in [6.07, 6.45) is -0.856. The molecule has 21 heavy (non-hydrogen) atoms. The predicted octanol–water partition coefficient (Wildman–Crippen LogP) is 2.08. The van der Waals surface area contributed by atoms with E-state index in [-0.39, 0.29) is 11.4 Å². The fourth-order valence-electron chi connectivity index (χ4n) is 1.86. The largest absolute Gasteiger partial charge is 0.497 e. The lowest BCUT2D eigenvalue weighted by molar-refractivity contribution is 0.185. The van der Waals surface area contributed by atoms with Crippen LogP contribution in [0.1, 0.15) is 16.5 Å². The predicted molar refractivity (Wildman–Crippen MR) is 82.2 cm³/mol. The minimum Gasteiger partial charge on any atom is -0.497 e. The van der Waals surface area contributed by atoms with Crippen molar-refractivity contribution < 1.29 is 18.3 Å². The summed E-state index contributed by atoms with van der Waals surface area (Å²) in [5.74, 6) is 0.465. The monoisotopic (exact) mass is 327 g/mol. The van der Waals surface area contributed by atoms with Gasteiger partial charge in [0.25, 0.3) is 0 Å². The summed E-state index contributed by atoms with van der Waals surface area (Å²) in [4.78, 5) is 0.875. The van der Waals surface area contributed by atoms with E-state index in [0.29, 0.717) is 5.75 Å². The number of hydrogen-bond donors (Lipinski definition) is 2. The maximum atomic E-state index is 12.2. The number of benzene rings is 1. The van der Waals surface area contributed by atoms with Gasteiger partial charge in [-0.05, 0) is 36.1 Å². The summed E-state index contributed by atoms with van der Waals surface area (Å²) < 4.78 is 31.8. The maximum Gasteiger partial charge on any atom is 0.240 e. The number of methoxy groups -OCH3 is 1. The Kier molecular flexibility index (Phi) is 5.00. The van der Waals surface area contributed by atoms with Crippen LogP contribution in [0, 0.1) is 6.92 Å². The molecule has 0 aliphatic carbocycles. The van der Waals surface area contributed by atoms with E-state index in [1.54, 1.807) is 12.1 Å². The highest BCUT2D eigenvalue weighted by atomic mass is 32.2. The van der Waals surface area contributed by atoms with E-state index in [2.05, 4.69) is 4.72 Å². The molecular formula is C14H17NO4S2. The molecule has 0 aliphatic rings. The highest BCUT2D eigenvalue weighted by Gasteiger charge is 2.18. The van der Waals surface area contributed by atoms with Crippen LogP contribution in [0.2, 0.25) is 0 Å². The summed E-state index contributed by atoms with van der Waals surface area (Å²) in [5.41, 5.74) is 0.952. The number of ether oxygens (including phenoxy) is 1. The Balaban J connectivity index is 2.09. The first kappa shape index (κ1) is 16.0. The molecule has 1 aromatic heterocycles. The quantitative estimate of drug-likeness (QED) is 0.852. The normalized spacial score (nSPS) is 13.1. The van der Waals surface area contributed by atoms with Gasteiger partial charge in [0.2, 0.25) is 10.0 Å². The van der Waals surface area contributed by atoms with Gasteiger partial charge in [0.1, 0.15) is 11.9 Å². The van der Waals surface area contributed by atoms with Gasteiger partial charge >= 0.3 is 0 Å². The summed E-state index contributed by atoms with van der Waals surface area (Å²) in [7, 11) is -2.20. The van der Waals surface area contributed by atoms with Crippen LogP contribution in [-0.4, -0.2) is 27.2 Å². The van der Waals surface area contributed by atoms with Gasteiger partial charge < -0.3 is 9.84 Å². The lowest BCUT2D eigenvalue weighted by atomic mass is 10.2. The molecule has 0 aliphatic heterocycles. The Morgan fingerprint density at radius 3 is 2.76 bits per heavy atom. The molecule has 1 unspecified atom stereocenters. The molecule has 1 heterocycles. The Hall–Kier alpha value is -1.41. The Morgan fingerprint density at radius 1 is 1.38 bits per heavy atom. The Bertz CT molecular complexity index is 709. The van der Waals surface area contributed by atoms with E-state index in [1.165, 1.54) is 30.6 Å². The minimum absolute atomic E-state index is 0.0686. The molecule has 0 amide bonds. The third-order valence-corrected chi connectivity index (χ3v) is 5.56. The molecule has 2 rings (SSSR count). The Morgan fingerprint density at radius 2 is 2.14 bits per heavy atom. The van der Waals surface area contributed by atoms with Gasteiger partial charge in [-0.15, -0.1) is 11.3 Å². The lowest BCUT2D eigenvalue weighted by Gasteiger charge is -2.12. The van der Waals surface area contributed by atoms with Crippen LogP contribution in [0.25, 0.3) is 0 Å². The first-order valence-electron chi connectivity index (χ1n) is 6.30. The van der Waals surface area contributed by atoms with Gasteiger partial charge in [-0.3, -0.25) is 0 Å². The SMILES string of the molecule is COc1cccc(S(=O)(=O)NCC(O)c2sccc2C)c1. The summed E-state index contributed by atoms with van der Waals surface area (Å²) >= 11 is 1.41. The average molecular weight is 327 g/mol. The number of aryl methyl sites for hydroxylation is 1. The van der Waals surface area contributed by atoms with Gasteiger partial charge in [0.05, 0.1) is 12.0 Å². The van der Waals surface area contributed by atoms with Crippen molar-refractivity contribution in [3.8, 4) is 5.75 Å². The molecule has 0 spiro atoms. The molecule has 2 N–H and O–H groups in total. The van der Waals surface area contributed by atoms with Crippen LogP contribution in [-0.2, 0) is 10.0 Å². The molecule has 0 saturated carbocycles. The highest BCUT2D eigenvalue weighted by Crippen LogP contribution is 2.24. The third kappa shape index (κ3) is 3.82. The molecule has 7 heteroatoms. The molecule has 0 radical (unpaired) electrons.